The zero-order valence-corrected chi connectivity index (χ0v) is 17.2. The molecule has 150 valence electrons. The van der Waals surface area contributed by atoms with Crippen LogP contribution in [0.25, 0.3) is 0 Å². The van der Waals surface area contributed by atoms with Crippen LogP contribution in [0.3, 0.4) is 0 Å². The van der Waals surface area contributed by atoms with E-state index in [0.29, 0.717) is 17.4 Å². The van der Waals surface area contributed by atoms with Gasteiger partial charge in [0, 0.05) is 32.2 Å². The molecule has 0 atom stereocenters. The Balaban J connectivity index is 1.59. The van der Waals surface area contributed by atoms with E-state index in [-0.39, 0.29) is 0 Å². The standard InChI is InChI=1S/C21H27N3O3S/c1-25-18-7-8-19(20(13-18)26-2)23-21(28)22-14-16-5-3-4-6-17(16)15-24-9-11-27-12-10-24/h3-8,13H,9-12,14-15H2,1-2H3,(H2,22,23,28). The van der Waals surface area contributed by atoms with Crippen LogP contribution in [0.2, 0.25) is 0 Å². The van der Waals surface area contributed by atoms with Gasteiger partial charge in [-0.1, -0.05) is 24.3 Å². The van der Waals surface area contributed by atoms with Crippen LogP contribution >= 0.6 is 12.2 Å². The van der Waals surface area contributed by atoms with Crippen LogP contribution in [0.4, 0.5) is 5.69 Å². The lowest BCUT2D eigenvalue weighted by Crippen LogP contribution is -2.36. The summed E-state index contributed by atoms with van der Waals surface area (Å²) in [7, 11) is 3.25. The van der Waals surface area contributed by atoms with Crippen LogP contribution in [0.1, 0.15) is 11.1 Å². The van der Waals surface area contributed by atoms with Gasteiger partial charge in [-0.05, 0) is 35.5 Å². The molecule has 0 spiro atoms. The summed E-state index contributed by atoms with van der Waals surface area (Å²) in [5.41, 5.74) is 3.34. The fraction of sp³-hybridized carbons (Fsp3) is 0.381. The monoisotopic (exact) mass is 401 g/mol. The van der Waals surface area contributed by atoms with E-state index in [4.69, 9.17) is 26.4 Å². The number of methoxy groups -OCH3 is 2. The molecule has 0 radical (unpaired) electrons. The Bertz CT molecular complexity index is 794. The number of morpholine rings is 1. The number of rotatable bonds is 7. The van der Waals surface area contributed by atoms with Gasteiger partial charge in [0.25, 0.3) is 0 Å². The first-order chi connectivity index (χ1) is 13.7. The normalized spacial score (nSPS) is 14.4. The molecule has 28 heavy (non-hydrogen) atoms. The van der Waals surface area contributed by atoms with Crippen molar-refractivity contribution < 1.29 is 14.2 Å². The molecule has 0 bridgehead atoms. The van der Waals surface area contributed by atoms with Crippen LogP contribution in [-0.4, -0.2) is 50.5 Å². The second-order valence-corrected chi connectivity index (χ2v) is 6.94. The third kappa shape index (κ3) is 5.58. The Morgan fingerprint density at radius 3 is 2.54 bits per heavy atom. The average Bonchev–Trinajstić information content (AvgIpc) is 2.74. The van der Waals surface area contributed by atoms with Gasteiger partial charge in [0.2, 0.25) is 0 Å². The SMILES string of the molecule is COc1ccc(NC(=S)NCc2ccccc2CN2CCOCC2)c(OC)c1. The number of nitrogens with zero attached hydrogens (tertiary/aromatic N) is 1. The molecule has 1 aliphatic rings. The van der Waals surface area contributed by atoms with Crippen LogP contribution in [0.5, 0.6) is 11.5 Å². The Morgan fingerprint density at radius 2 is 1.82 bits per heavy atom. The largest absolute Gasteiger partial charge is 0.497 e. The van der Waals surface area contributed by atoms with Gasteiger partial charge in [-0.25, -0.2) is 0 Å². The van der Waals surface area contributed by atoms with Gasteiger partial charge in [0.15, 0.2) is 5.11 Å². The van der Waals surface area contributed by atoms with Gasteiger partial charge in [0.05, 0.1) is 33.1 Å². The summed E-state index contributed by atoms with van der Waals surface area (Å²) in [6, 6.07) is 14.0. The number of anilines is 1. The number of hydrogen-bond donors (Lipinski definition) is 2. The molecule has 0 aliphatic carbocycles. The minimum atomic E-state index is 0.546. The third-order valence-corrected chi connectivity index (χ3v) is 4.96. The van der Waals surface area contributed by atoms with E-state index in [1.54, 1.807) is 14.2 Å². The summed E-state index contributed by atoms with van der Waals surface area (Å²) in [6.07, 6.45) is 0. The lowest BCUT2D eigenvalue weighted by atomic mass is 10.1. The highest BCUT2D eigenvalue weighted by Gasteiger charge is 2.13. The van der Waals surface area contributed by atoms with Crippen molar-refractivity contribution in [2.75, 3.05) is 45.8 Å². The topological polar surface area (TPSA) is 55.0 Å². The van der Waals surface area contributed by atoms with Crippen LogP contribution < -0.4 is 20.1 Å². The number of benzene rings is 2. The molecule has 0 unspecified atom stereocenters. The summed E-state index contributed by atoms with van der Waals surface area (Å²) in [5, 5.41) is 7.04. The zero-order chi connectivity index (χ0) is 19.8. The maximum atomic E-state index is 5.47. The van der Waals surface area contributed by atoms with Gasteiger partial charge >= 0.3 is 0 Å². The number of thiocarbonyl (C=S) groups is 1. The molecular weight excluding hydrogens is 374 g/mol. The van der Waals surface area contributed by atoms with E-state index in [2.05, 4.69) is 39.8 Å². The Morgan fingerprint density at radius 1 is 1.07 bits per heavy atom. The van der Waals surface area contributed by atoms with Gasteiger partial charge in [-0.2, -0.15) is 0 Å². The van der Waals surface area contributed by atoms with E-state index < -0.39 is 0 Å². The number of nitrogens with one attached hydrogen (secondary N) is 2. The quantitative estimate of drug-likeness (QED) is 0.692. The highest BCUT2D eigenvalue weighted by Crippen LogP contribution is 2.28. The number of ether oxygens (including phenoxy) is 3. The molecule has 0 saturated carbocycles. The zero-order valence-electron chi connectivity index (χ0n) is 16.4. The highest BCUT2D eigenvalue weighted by molar-refractivity contribution is 7.80. The summed E-state index contributed by atoms with van der Waals surface area (Å²) < 4.78 is 16.1. The molecule has 1 heterocycles. The van der Waals surface area contributed by atoms with E-state index in [1.807, 2.05) is 18.2 Å². The fourth-order valence-electron chi connectivity index (χ4n) is 3.13. The molecular formula is C21H27N3O3S. The van der Waals surface area contributed by atoms with Crippen molar-refractivity contribution in [1.82, 2.24) is 10.2 Å². The molecule has 1 fully saturated rings. The predicted octanol–water partition coefficient (Wildman–Crippen LogP) is 3.02. The molecule has 0 aromatic heterocycles. The maximum absolute atomic E-state index is 5.47. The summed E-state index contributed by atoms with van der Waals surface area (Å²) >= 11 is 5.47. The Hall–Kier alpha value is -2.35. The molecule has 2 aromatic rings. The van der Waals surface area contributed by atoms with Crippen molar-refractivity contribution in [2.45, 2.75) is 13.1 Å². The maximum Gasteiger partial charge on any atom is 0.171 e. The van der Waals surface area contributed by atoms with Crippen molar-refractivity contribution in [3.05, 3.63) is 53.6 Å². The minimum Gasteiger partial charge on any atom is -0.497 e. The molecule has 7 heteroatoms. The lowest BCUT2D eigenvalue weighted by molar-refractivity contribution is 0.0341. The molecule has 3 rings (SSSR count). The van der Waals surface area contributed by atoms with Gasteiger partial charge < -0.3 is 24.8 Å². The first-order valence-corrected chi connectivity index (χ1v) is 9.74. The molecule has 2 N–H and O–H groups in total. The van der Waals surface area contributed by atoms with E-state index in [1.165, 1.54) is 11.1 Å². The van der Waals surface area contributed by atoms with Crippen molar-refractivity contribution in [3.63, 3.8) is 0 Å². The predicted molar refractivity (Wildman–Crippen MR) is 115 cm³/mol. The number of hydrogen-bond acceptors (Lipinski definition) is 5. The highest BCUT2D eigenvalue weighted by atomic mass is 32.1. The fourth-order valence-corrected chi connectivity index (χ4v) is 3.31. The molecule has 2 aromatic carbocycles. The van der Waals surface area contributed by atoms with Gasteiger partial charge in [-0.15, -0.1) is 0 Å². The van der Waals surface area contributed by atoms with Crippen molar-refractivity contribution in [2.24, 2.45) is 0 Å². The smallest absolute Gasteiger partial charge is 0.171 e. The van der Waals surface area contributed by atoms with Crippen LogP contribution in [0.15, 0.2) is 42.5 Å². The van der Waals surface area contributed by atoms with Crippen molar-refractivity contribution >= 4 is 23.0 Å². The van der Waals surface area contributed by atoms with E-state index in [0.717, 1.165) is 44.3 Å². The molecule has 6 nitrogen and oxygen atoms in total. The van der Waals surface area contributed by atoms with E-state index in [9.17, 15) is 0 Å². The third-order valence-electron chi connectivity index (χ3n) is 4.71. The second kappa shape index (κ2) is 10.3. The summed E-state index contributed by atoms with van der Waals surface area (Å²) in [6.45, 7) is 5.13. The second-order valence-electron chi connectivity index (χ2n) is 6.53. The van der Waals surface area contributed by atoms with Gasteiger partial charge in [-0.3, -0.25) is 4.90 Å². The minimum absolute atomic E-state index is 0.546. The van der Waals surface area contributed by atoms with Crippen molar-refractivity contribution in [1.29, 1.82) is 0 Å². The first kappa shape index (κ1) is 20.4. The van der Waals surface area contributed by atoms with Gasteiger partial charge in [0.1, 0.15) is 11.5 Å². The first-order valence-electron chi connectivity index (χ1n) is 9.33. The molecule has 1 aliphatic heterocycles. The average molecular weight is 402 g/mol. The van der Waals surface area contributed by atoms with Crippen LogP contribution in [0, 0.1) is 0 Å². The van der Waals surface area contributed by atoms with Crippen molar-refractivity contribution in [3.8, 4) is 11.5 Å². The summed E-state index contributed by atoms with van der Waals surface area (Å²) in [4.78, 5) is 2.42. The lowest BCUT2D eigenvalue weighted by Gasteiger charge is -2.27. The molecule has 1 saturated heterocycles. The Kier molecular flexibility index (Phi) is 7.47. The van der Waals surface area contributed by atoms with Crippen LogP contribution in [-0.2, 0) is 17.8 Å². The van der Waals surface area contributed by atoms with E-state index >= 15 is 0 Å². The molecule has 0 amide bonds. The Labute approximate surface area is 171 Å². The summed E-state index contributed by atoms with van der Waals surface area (Å²) in [5.74, 6) is 1.41.